The van der Waals surface area contributed by atoms with Gasteiger partial charge in [-0.15, -0.1) is 0 Å². The molecular weight excluding hydrogens is 376 g/mol. The number of ether oxygens (including phenoxy) is 3. The summed E-state index contributed by atoms with van der Waals surface area (Å²) in [7, 11) is 3.16. The summed E-state index contributed by atoms with van der Waals surface area (Å²) in [6.45, 7) is 3.14. The van der Waals surface area contributed by atoms with Gasteiger partial charge in [0.15, 0.2) is 11.5 Å². The Morgan fingerprint density at radius 1 is 1.14 bits per heavy atom. The minimum absolute atomic E-state index is 0.0509. The summed E-state index contributed by atoms with van der Waals surface area (Å²) >= 11 is 0. The molecule has 29 heavy (non-hydrogen) atoms. The average molecular weight is 408 g/mol. The minimum Gasteiger partial charge on any atom is -0.493 e. The van der Waals surface area contributed by atoms with Crippen molar-refractivity contribution in [3.05, 3.63) is 23.8 Å². The molecule has 3 rings (SSSR count). The number of morpholine rings is 1. The lowest BCUT2D eigenvalue weighted by molar-refractivity contribution is -0.155. The van der Waals surface area contributed by atoms with E-state index in [4.69, 9.17) is 19.3 Å². The zero-order valence-corrected chi connectivity index (χ0v) is 17.2. The highest BCUT2D eigenvalue weighted by molar-refractivity contribution is 5.79. The highest BCUT2D eigenvalue weighted by Crippen LogP contribution is 2.37. The van der Waals surface area contributed by atoms with Gasteiger partial charge in [0.1, 0.15) is 6.10 Å². The molecule has 2 N–H and O–H groups in total. The topological polar surface area (TPSA) is 91.7 Å². The summed E-state index contributed by atoms with van der Waals surface area (Å²) in [6.07, 6.45) is 1.07. The van der Waals surface area contributed by atoms with Crippen LogP contribution in [0.5, 0.6) is 11.5 Å². The molecule has 0 radical (unpaired) electrons. The molecule has 2 saturated heterocycles. The number of carbonyl (C=O) groups is 1. The number of aliphatic hydroxyl groups is 2. The Bertz CT molecular complexity index is 677. The summed E-state index contributed by atoms with van der Waals surface area (Å²) in [5, 5.41) is 19.0. The normalized spacial score (nSPS) is 23.8. The molecule has 2 atom stereocenters. The van der Waals surface area contributed by atoms with E-state index in [-0.39, 0.29) is 31.1 Å². The molecule has 2 aliphatic heterocycles. The van der Waals surface area contributed by atoms with Gasteiger partial charge in [-0.2, -0.15) is 0 Å². The molecule has 8 heteroatoms. The number of rotatable bonds is 7. The van der Waals surface area contributed by atoms with E-state index in [0.717, 1.165) is 31.5 Å². The number of hydrogen-bond acceptors (Lipinski definition) is 7. The third kappa shape index (κ3) is 4.83. The van der Waals surface area contributed by atoms with Crippen molar-refractivity contribution in [1.29, 1.82) is 0 Å². The van der Waals surface area contributed by atoms with E-state index in [2.05, 4.69) is 4.90 Å². The third-order valence-corrected chi connectivity index (χ3v) is 5.92. The van der Waals surface area contributed by atoms with Crippen molar-refractivity contribution in [3.8, 4) is 11.5 Å². The number of benzene rings is 1. The van der Waals surface area contributed by atoms with Gasteiger partial charge in [-0.05, 0) is 43.6 Å². The second kappa shape index (κ2) is 10.2. The molecule has 0 aliphatic carbocycles. The van der Waals surface area contributed by atoms with Crippen LogP contribution in [-0.4, -0.2) is 92.2 Å². The number of aliphatic hydroxyl groups excluding tert-OH is 2. The van der Waals surface area contributed by atoms with Gasteiger partial charge in [-0.3, -0.25) is 4.79 Å². The van der Waals surface area contributed by atoms with E-state index < -0.39 is 6.10 Å². The lowest BCUT2D eigenvalue weighted by atomic mass is 9.91. The second-order valence-electron chi connectivity index (χ2n) is 7.52. The minimum atomic E-state index is -0.486. The number of nitrogens with zero attached hydrogens (tertiary/aromatic N) is 2. The maximum Gasteiger partial charge on any atom is 0.226 e. The fourth-order valence-corrected chi connectivity index (χ4v) is 4.34. The first-order chi connectivity index (χ1) is 14.1. The van der Waals surface area contributed by atoms with Crippen molar-refractivity contribution in [2.24, 2.45) is 5.92 Å². The zero-order valence-electron chi connectivity index (χ0n) is 17.2. The largest absolute Gasteiger partial charge is 0.493 e. The van der Waals surface area contributed by atoms with Crippen LogP contribution in [0.4, 0.5) is 0 Å². The molecule has 0 spiro atoms. The molecule has 0 unspecified atom stereocenters. The summed E-state index contributed by atoms with van der Waals surface area (Å²) in [6, 6.07) is 5.18. The number of piperidine rings is 1. The van der Waals surface area contributed by atoms with E-state index >= 15 is 0 Å². The Balaban J connectivity index is 1.82. The number of amides is 1. The molecule has 1 amide bonds. The predicted octanol–water partition coefficient (Wildman–Crippen LogP) is 0.669. The van der Waals surface area contributed by atoms with E-state index in [9.17, 15) is 9.90 Å². The molecule has 162 valence electrons. The van der Waals surface area contributed by atoms with Gasteiger partial charge in [0, 0.05) is 19.0 Å². The molecule has 2 heterocycles. The number of likely N-dealkylation sites (tertiary alicyclic amines) is 1. The molecule has 2 aliphatic rings. The van der Waals surface area contributed by atoms with Crippen molar-refractivity contribution in [3.63, 3.8) is 0 Å². The van der Waals surface area contributed by atoms with E-state index in [1.165, 1.54) is 0 Å². The van der Waals surface area contributed by atoms with Gasteiger partial charge in [-0.1, -0.05) is 6.07 Å². The van der Waals surface area contributed by atoms with E-state index in [1.807, 2.05) is 23.1 Å². The SMILES string of the molecule is COc1ccc([C@@H]2[C@@H](CO)OCCN2C(=O)C2CCN(CCO)CC2)cc1OC. The van der Waals surface area contributed by atoms with Crippen LogP contribution >= 0.6 is 0 Å². The van der Waals surface area contributed by atoms with Crippen LogP contribution in [0, 0.1) is 5.92 Å². The Morgan fingerprint density at radius 2 is 1.86 bits per heavy atom. The zero-order chi connectivity index (χ0) is 20.8. The van der Waals surface area contributed by atoms with Crippen LogP contribution in [0.2, 0.25) is 0 Å². The average Bonchev–Trinajstić information content (AvgIpc) is 2.78. The lowest BCUT2D eigenvalue weighted by Crippen LogP contribution is -2.52. The van der Waals surface area contributed by atoms with Gasteiger partial charge in [0.2, 0.25) is 5.91 Å². The Morgan fingerprint density at radius 3 is 2.48 bits per heavy atom. The molecule has 1 aromatic rings. The van der Waals surface area contributed by atoms with Crippen molar-refractivity contribution < 1.29 is 29.2 Å². The molecule has 0 saturated carbocycles. The van der Waals surface area contributed by atoms with Gasteiger partial charge in [-0.25, -0.2) is 0 Å². The fourth-order valence-electron chi connectivity index (χ4n) is 4.34. The van der Waals surface area contributed by atoms with E-state index in [1.54, 1.807) is 14.2 Å². The molecule has 1 aromatic carbocycles. The highest BCUT2D eigenvalue weighted by Gasteiger charge is 2.39. The summed E-state index contributed by atoms with van der Waals surface area (Å²) in [5.41, 5.74) is 0.854. The van der Waals surface area contributed by atoms with E-state index in [0.29, 0.717) is 31.2 Å². The number of methoxy groups -OCH3 is 2. The number of β-amino-alcohol motifs (C(OH)–C–C–N with tert-alkyl or cyclic N) is 1. The first-order valence-corrected chi connectivity index (χ1v) is 10.2. The standard InChI is InChI=1S/C21H32N2O6/c1-27-17-4-3-16(13-18(17)28-2)20-19(14-25)29-12-10-23(20)21(26)15-5-7-22(8-6-15)9-11-24/h3-4,13,15,19-20,24-25H,5-12,14H2,1-2H3/t19-,20-/m1/s1. The highest BCUT2D eigenvalue weighted by atomic mass is 16.5. The van der Waals surface area contributed by atoms with Crippen LogP contribution in [0.1, 0.15) is 24.4 Å². The van der Waals surface area contributed by atoms with Gasteiger partial charge in [0.05, 0.1) is 40.1 Å². The van der Waals surface area contributed by atoms with Crippen molar-refractivity contribution in [2.45, 2.75) is 25.0 Å². The molecule has 8 nitrogen and oxygen atoms in total. The lowest BCUT2D eigenvalue weighted by Gasteiger charge is -2.43. The van der Waals surface area contributed by atoms with Crippen LogP contribution in [0.3, 0.4) is 0 Å². The first-order valence-electron chi connectivity index (χ1n) is 10.2. The Hall–Kier alpha value is -1.87. The smallest absolute Gasteiger partial charge is 0.226 e. The second-order valence-corrected chi connectivity index (χ2v) is 7.52. The van der Waals surface area contributed by atoms with Crippen LogP contribution in [0.25, 0.3) is 0 Å². The summed E-state index contributed by atoms with van der Waals surface area (Å²) < 4.78 is 16.5. The summed E-state index contributed by atoms with van der Waals surface area (Å²) in [4.78, 5) is 17.5. The van der Waals surface area contributed by atoms with Gasteiger partial charge in [0.25, 0.3) is 0 Å². The fraction of sp³-hybridized carbons (Fsp3) is 0.667. The Kier molecular flexibility index (Phi) is 7.71. The predicted molar refractivity (Wildman–Crippen MR) is 107 cm³/mol. The maximum atomic E-state index is 13.4. The molecule has 0 aromatic heterocycles. The Labute approximate surface area is 172 Å². The van der Waals surface area contributed by atoms with Gasteiger partial charge < -0.3 is 34.2 Å². The molecular formula is C21H32N2O6. The van der Waals surface area contributed by atoms with Crippen LogP contribution < -0.4 is 9.47 Å². The summed E-state index contributed by atoms with van der Waals surface area (Å²) in [5.74, 6) is 1.25. The van der Waals surface area contributed by atoms with Crippen molar-refractivity contribution in [2.75, 3.05) is 60.2 Å². The number of carbonyl (C=O) groups excluding carboxylic acids is 1. The maximum absolute atomic E-state index is 13.4. The van der Waals surface area contributed by atoms with Gasteiger partial charge >= 0.3 is 0 Å². The quantitative estimate of drug-likeness (QED) is 0.685. The van der Waals surface area contributed by atoms with Crippen molar-refractivity contribution >= 4 is 5.91 Å². The van der Waals surface area contributed by atoms with Crippen LogP contribution in [0.15, 0.2) is 18.2 Å². The van der Waals surface area contributed by atoms with Crippen LogP contribution in [-0.2, 0) is 9.53 Å². The van der Waals surface area contributed by atoms with Crippen molar-refractivity contribution in [1.82, 2.24) is 9.80 Å². The third-order valence-electron chi connectivity index (χ3n) is 5.92. The first kappa shape index (κ1) is 21.8. The molecule has 0 bridgehead atoms. The monoisotopic (exact) mass is 408 g/mol. The number of hydrogen-bond donors (Lipinski definition) is 2. The molecule has 2 fully saturated rings.